The molecular formula is C11H15N3O3S. The molecular weight excluding hydrogens is 254 g/mol. The first-order chi connectivity index (χ1) is 8.54. The maximum atomic E-state index is 11.3. The van der Waals surface area contributed by atoms with Gasteiger partial charge in [-0.15, -0.1) is 17.9 Å². The fraction of sp³-hybridized carbons (Fsp3) is 0.364. The third-order valence-electron chi connectivity index (χ3n) is 2.07. The van der Waals surface area contributed by atoms with Gasteiger partial charge in [-0.05, 0) is 13.3 Å². The summed E-state index contributed by atoms with van der Waals surface area (Å²) in [6.07, 6.45) is 2.41. The van der Waals surface area contributed by atoms with Crippen LogP contribution in [-0.2, 0) is 6.54 Å². The summed E-state index contributed by atoms with van der Waals surface area (Å²) in [6.45, 7) is 5.92. The number of rotatable bonds is 6. The second kappa shape index (κ2) is 6.75. The number of carboxylic acid groups (broad SMARTS) is 1. The number of amides is 2. The first-order valence-corrected chi connectivity index (χ1v) is 6.18. The molecule has 0 unspecified atom stereocenters. The van der Waals surface area contributed by atoms with Crippen LogP contribution in [0.1, 0.15) is 26.8 Å². The molecule has 2 amide bonds. The molecule has 0 saturated carbocycles. The van der Waals surface area contributed by atoms with Gasteiger partial charge in [0.1, 0.15) is 9.88 Å². The van der Waals surface area contributed by atoms with Gasteiger partial charge >= 0.3 is 12.0 Å². The molecule has 0 aliphatic heterocycles. The average molecular weight is 269 g/mol. The molecule has 98 valence electrons. The number of aryl methyl sites for hydroxylation is 1. The van der Waals surface area contributed by atoms with Crippen LogP contribution in [0.2, 0.25) is 0 Å². The first kappa shape index (κ1) is 14.2. The van der Waals surface area contributed by atoms with E-state index < -0.39 is 5.97 Å². The zero-order valence-electron chi connectivity index (χ0n) is 10.0. The van der Waals surface area contributed by atoms with Crippen molar-refractivity contribution < 1.29 is 14.7 Å². The smallest absolute Gasteiger partial charge is 0.347 e. The fourth-order valence-corrected chi connectivity index (χ4v) is 2.08. The molecule has 1 rings (SSSR count). The molecule has 0 aliphatic rings. The molecule has 0 saturated heterocycles. The number of carbonyl (C=O) groups excluding carboxylic acids is 1. The number of nitrogens with zero attached hydrogens (tertiary/aromatic N) is 1. The number of thiazole rings is 1. The second-order valence-electron chi connectivity index (χ2n) is 3.51. The summed E-state index contributed by atoms with van der Waals surface area (Å²) in [5, 5.41) is 14.7. The summed E-state index contributed by atoms with van der Waals surface area (Å²) in [7, 11) is 0. The van der Waals surface area contributed by atoms with Gasteiger partial charge < -0.3 is 15.7 Å². The van der Waals surface area contributed by atoms with Crippen molar-refractivity contribution >= 4 is 23.3 Å². The summed E-state index contributed by atoms with van der Waals surface area (Å²) < 4.78 is 0. The van der Waals surface area contributed by atoms with E-state index in [9.17, 15) is 9.59 Å². The SMILES string of the molecule is C=CCCNC(=O)NCc1nc(C)c(C(=O)O)s1. The number of aromatic carboxylic acids is 1. The van der Waals surface area contributed by atoms with Gasteiger partial charge in [-0.3, -0.25) is 0 Å². The van der Waals surface area contributed by atoms with Crippen LogP contribution in [0.25, 0.3) is 0 Å². The predicted octanol–water partition coefficient (Wildman–Crippen LogP) is 1.53. The lowest BCUT2D eigenvalue weighted by Gasteiger charge is -2.04. The standard InChI is InChI=1S/C11H15N3O3S/c1-3-4-5-12-11(17)13-6-8-14-7(2)9(18-8)10(15)16/h3H,1,4-6H2,2H3,(H,15,16)(H2,12,13,17). The molecule has 3 N–H and O–H groups in total. The maximum absolute atomic E-state index is 11.3. The van der Waals surface area contributed by atoms with E-state index in [1.54, 1.807) is 13.0 Å². The van der Waals surface area contributed by atoms with Crippen LogP contribution in [0.15, 0.2) is 12.7 Å². The minimum Gasteiger partial charge on any atom is -0.477 e. The van der Waals surface area contributed by atoms with Gasteiger partial charge in [0.05, 0.1) is 12.2 Å². The third kappa shape index (κ3) is 4.17. The summed E-state index contributed by atoms with van der Waals surface area (Å²) in [5.74, 6) is -0.994. The Morgan fingerprint density at radius 2 is 2.22 bits per heavy atom. The van der Waals surface area contributed by atoms with Crippen LogP contribution in [-0.4, -0.2) is 28.6 Å². The van der Waals surface area contributed by atoms with Crippen molar-refractivity contribution in [3.8, 4) is 0 Å². The third-order valence-corrected chi connectivity index (χ3v) is 3.21. The quantitative estimate of drug-likeness (QED) is 0.539. The minimum absolute atomic E-state index is 0.207. The molecule has 0 radical (unpaired) electrons. The van der Waals surface area contributed by atoms with Crippen LogP contribution in [0.3, 0.4) is 0 Å². The van der Waals surface area contributed by atoms with Crippen molar-refractivity contribution in [3.05, 3.63) is 28.2 Å². The number of carbonyl (C=O) groups is 2. The molecule has 1 aromatic heterocycles. The summed E-state index contributed by atoms with van der Waals surface area (Å²) >= 11 is 1.07. The molecule has 7 heteroatoms. The highest BCUT2D eigenvalue weighted by Gasteiger charge is 2.13. The largest absolute Gasteiger partial charge is 0.477 e. The average Bonchev–Trinajstić information content (AvgIpc) is 2.68. The van der Waals surface area contributed by atoms with Crippen molar-refractivity contribution in [1.82, 2.24) is 15.6 Å². The number of nitrogens with one attached hydrogen (secondary N) is 2. The molecule has 0 atom stereocenters. The molecule has 0 bridgehead atoms. The zero-order chi connectivity index (χ0) is 13.5. The van der Waals surface area contributed by atoms with Gasteiger partial charge in [0.15, 0.2) is 0 Å². The lowest BCUT2D eigenvalue weighted by atomic mass is 10.4. The number of aromatic nitrogens is 1. The normalized spacial score (nSPS) is 9.83. The highest BCUT2D eigenvalue weighted by molar-refractivity contribution is 7.13. The van der Waals surface area contributed by atoms with Gasteiger partial charge in [0.2, 0.25) is 0 Å². The van der Waals surface area contributed by atoms with E-state index >= 15 is 0 Å². The van der Waals surface area contributed by atoms with Crippen molar-refractivity contribution in [2.75, 3.05) is 6.54 Å². The molecule has 0 fully saturated rings. The number of hydrogen-bond donors (Lipinski definition) is 3. The van der Waals surface area contributed by atoms with Crippen LogP contribution >= 0.6 is 11.3 Å². The second-order valence-corrected chi connectivity index (χ2v) is 4.60. The van der Waals surface area contributed by atoms with Crippen LogP contribution in [0, 0.1) is 6.92 Å². The molecule has 0 aromatic carbocycles. The topological polar surface area (TPSA) is 91.3 Å². The Bertz CT molecular complexity index is 456. The Morgan fingerprint density at radius 3 is 2.78 bits per heavy atom. The summed E-state index contributed by atoms with van der Waals surface area (Å²) in [6, 6.07) is -0.304. The molecule has 1 aromatic rings. The van der Waals surface area contributed by atoms with E-state index in [2.05, 4.69) is 22.2 Å². The van der Waals surface area contributed by atoms with Crippen LogP contribution in [0.4, 0.5) is 4.79 Å². The van der Waals surface area contributed by atoms with Crippen LogP contribution in [0.5, 0.6) is 0 Å². The molecule has 1 heterocycles. The van der Waals surface area contributed by atoms with Gasteiger partial charge in [-0.2, -0.15) is 0 Å². The highest BCUT2D eigenvalue weighted by Crippen LogP contribution is 2.17. The molecule has 6 nitrogen and oxygen atoms in total. The summed E-state index contributed by atoms with van der Waals surface area (Å²) in [5.41, 5.74) is 0.469. The van der Waals surface area contributed by atoms with Gasteiger partial charge in [-0.25, -0.2) is 14.6 Å². The monoisotopic (exact) mass is 269 g/mol. The fourth-order valence-electron chi connectivity index (χ4n) is 1.23. The van der Waals surface area contributed by atoms with E-state index in [0.717, 1.165) is 11.3 Å². The lowest BCUT2D eigenvalue weighted by molar-refractivity contribution is 0.0701. The van der Waals surface area contributed by atoms with Gasteiger partial charge in [0, 0.05) is 6.54 Å². The van der Waals surface area contributed by atoms with E-state index in [1.807, 2.05) is 0 Å². The van der Waals surface area contributed by atoms with Crippen molar-refractivity contribution in [2.45, 2.75) is 19.9 Å². The Labute approximate surface area is 109 Å². The number of carboxylic acids is 1. The van der Waals surface area contributed by atoms with E-state index in [0.29, 0.717) is 23.7 Å². The number of urea groups is 1. The zero-order valence-corrected chi connectivity index (χ0v) is 10.8. The van der Waals surface area contributed by atoms with E-state index in [1.165, 1.54) is 0 Å². The van der Waals surface area contributed by atoms with E-state index in [4.69, 9.17) is 5.11 Å². The van der Waals surface area contributed by atoms with E-state index in [-0.39, 0.29) is 17.5 Å². The Kier molecular flexibility index (Phi) is 5.31. The van der Waals surface area contributed by atoms with Crippen LogP contribution < -0.4 is 10.6 Å². The minimum atomic E-state index is -0.994. The van der Waals surface area contributed by atoms with Crippen molar-refractivity contribution in [1.29, 1.82) is 0 Å². The molecule has 18 heavy (non-hydrogen) atoms. The van der Waals surface area contributed by atoms with Crippen molar-refractivity contribution in [2.24, 2.45) is 0 Å². The number of hydrogen-bond acceptors (Lipinski definition) is 4. The first-order valence-electron chi connectivity index (χ1n) is 5.36. The Balaban J connectivity index is 2.43. The van der Waals surface area contributed by atoms with Crippen molar-refractivity contribution in [3.63, 3.8) is 0 Å². The Hall–Kier alpha value is -1.89. The highest BCUT2D eigenvalue weighted by atomic mass is 32.1. The molecule has 0 aliphatic carbocycles. The summed E-state index contributed by atoms with van der Waals surface area (Å²) in [4.78, 5) is 26.4. The van der Waals surface area contributed by atoms with Gasteiger partial charge in [0.25, 0.3) is 0 Å². The predicted molar refractivity (Wildman–Crippen MR) is 68.9 cm³/mol. The molecule has 0 spiro atoms. The van der Waals surface area contributed by atoms with Gasteiger partial charge in [-0.1, -0.05) is 6.08 Å². The maximum Gasteiger partial charge on any atom is 0.347 e. The lowest BCUT2D eigenvalue weighted by Crippen LogP contribution is -2.35. The Morgan fingerprint density at radius 1 is 1.50 bits per heavy atom.